The van der Waals surface area contributed by atoms with Gasteiger partial charge < -0.3 is 11.6 Å². The molecule has 0 aliphatic heterocycles. The second-order valence-electron chi connectivity index (χ2n) is 6.70. The van der Waals surface area contributed by atoms with Crippen molar-refractivity contribution in [3.63, 3.8) is 0 Å². The highest BCUT2D eigenvalue weighted by molar-refractivity contribution is 6.06. The molecule has 0 saturated carbocycles. The number of hydrogen-bond acceptors (Lipinski definition) is 6. The van der Waals surface area contributed by atoms with Crippen LogP contribution < -0.4 is 11.6 Å². The average Bonchev–Trinajstić information content (AvgIpc) is 2.73. The summed E-state index contributed by atoms with van der Waals surface area (Å²) in [6, 6.07) is 11.5. The van der Waals surface area contributed by atoms with E-state index in [4.69, 9.17) is 11.6 Å². The molecule has 1 amide bonds. The fourth-order valence-corrected chi connectivity index (χ4v) is 3.43. The Morgan fingerprint density at radius 1 is 1.10 bits per heavy atom. The van der Waals surface area contributed by atoms with Gasteiger partial charge in [-0.05, 0) is 35.4 Å². The summed E-state index contributed by atoms with van der Waals surface area (Å²) >= 11 is 0. The van der Waals surface area contributed by atoms with E-state index in [9.17, 15) is 28.1 Å². The summed E-state index contributed by atoms with van der Waals surface area (Å²) < 4.78 is 43.5. The lowest BCUT2D eigenvalue weighted by Crippen LogP contribution is -2.54. The lowest BCUT2D eigenvalue weighted by atomic mass is 9.72. The zero-order chi connectivity index (χ0) is 22.8. The Hall–Kier alpha value is -4.02. The molecular weight excluding hydrogens is 415 g/mol. The van der Waals surface area contributed by atoms with E-state index in [1.165, 1.54) is 42.6 Å². The maximum atomic E-state index is 14.5. The van der Waals surface area contributed by atoms with Crippen molar-refractivity contribution in [2.24, 2.45) is 16.7 Å². The fraction of sp³-hybridized carbons (Fsp3) is 0.150. The normalized spacial score (nSPS) is 14.2. The highest BCUT2D eigenvalue weighted by Crippen LogP contribution is 2.46. The number of nitrogens with two attached hydrogens (primary N) is 2. The van der Waals surface area contributed by atoms with Crippen LogP contribution in [-0.2, 0) is 10.2 Å². The molecular formula is C20H16F3N5O3. The number of amides is 1. The highest BCUT2D eigenvalue weighted by Gasteiger charge is 2.61. The van der Waals surface area contributed by atoms with Crippen LogP contribution in [0.5, 0.6) is 0 Å². The van der Waals surface area contributed by atoms with E-state index in [2.05, 4.69) is 10.1 Å². The van der Waals surface area contributed by atoms with Crippen molar-refractivity contribution >= 4 is 28.2 Å². The Morgan fingerprint density at radius 2 is 1.77 bits per heavy atom. The molecule has 3 rings (SSSR count). The van der Waals surface area contributed by atoms with Crippen LogP contribution in [-0.4, -0.2) is 27.7 Å². The quantitative estimate of drug-likeness (QED) is 0.267. The number of hydrogen-bond donors (Lipinski definition) is 2. The summed E-state index contributed by atoms with van der Waals surface area (Å²) in [5.41, 5.74) is 1.57. The molecule has 0 spiro atoms. The smallest absolute Gasteiger partial charge is 0.369 e. The molecule has 0 aliphatic carbocycles. The second kappa shape index (κ2) is 8.01. The highest BCUT2D eigenvalue weighted by atomic mass is 19.4. The first kappa shape index (κ1) is 21.7. The number of alkyl halides is 3. The van der Waals surface area contributed by atoms with Gasteiger partial charge in [0.15, 0.2) is 5.41 Å². The third-order valence-corrected chi connectivity index (χ3v) is 5.01. The Kier molecular flexibility index (Phi) is 5.60. The summed E-state index contributed by atoms with van der Waals surface area (Å²) in [7, 11) is 0. The molecule has 0 aliphatic rings. The number of carbonyl (C=O) groups excluding carboxylic acids is 1. The Morgan fingerprint density at radius 3 is 2.32 bits per heavy atom. The lowest BCUT2D eigenvalue weighted by Gasteiger charge is -2.34. The zero-order valence-corrected chi connectivity index (χ0v) is 15.8. The summed E-state index contributed by atoms with van der Waals surface area (Å²) in [6.07, 6.45) is -4.71. The summed E-state index contributed by atoms with van der Waals surface area (Å²) in [4.78, 5) is 26.7. The number of aromatic nitrogens is 1. The van der Waals surface area contributed by atoms with Gasteiger partial charge in [0.05, 0.1) is 16.2 Å². The van der Waals surface area contributed by atoms with Crippen molar-refractivity contribution in [1.29, 1.82) is 0 Å². The van der Waals surface area contributed by atoms with Crippen molar-refractivity contribution < 1.29 is 22.9 Å². The van der Waals surface area contributed by atoms with Crippen LogP contribution >= 0.6 is 0 Å². The second-order valence-corrected chi connectivity index (χ2v) is 6.70. The van der Waals surface area contributed by atoms with Crippen LogP contribution in [0.3, 0.4) is 0 Å². The van der Waals surface area contributed by atoms with Gasteiger partial charge in [0.25, 0.3) is 5.69 Å². The number of nitro benzene ring substituents is 1. The number of non-ortho nitro benzene ring substituents is 1. The Bertz CT molecular complexity index is 1170. The molecule has 4 N–H and O–H groups in total. The van der Waals surface area contributed by atoms with Crippen LogP contribution in [0.4, 0.5) is 18.9 Å². The number of halogens is 3. The van der Waals surface area contributed by atoms with Gasteiger partial charge in [0.2, 0.25) is 5.91 Å². The van der Waals surface area contributed by atoms with E-state index in [-0.39, 0.29) is 33.4 Å². The monoisotopic (exact) mass is 431 g/mol. The molecule has 0 unspecified atom stereocenters. The predicted molar refractivity (Wildman–Crippen MR) is 107 cm³/mol. The van der Waals surface area contributed by atoms with Gasteiger partial charge in [0, 0.05) is 30.1 Å². The van der Waals surface area contributed by atoms with Crippen LogP contribution in [0, 0.1) is 10.1 Å². The summed E-state index contributed by atoms with van der Waals surface area (Å²) in [5, 5.41) is 14.4. The van der Waals surface area contributed by atoms with Crippen molar-refractivity contribution in [1.82, 2.24) is 4.98 Å². The predicted octanol–water partition coefficient (Wildman–Crippen LogP) is 3.18. The van der Waals surface area contributed by atoms with Gasteiger partial charge in [-0.3, -0.25) is 19.9 Å². The molecule has 8 nitrogen and oxygen atoms in total. The molecule has 2 aromatic carbocycles. The minimum atomic E-state index is -5.11. The maximum Gasteiger partial charge on any atom is 0.407 e. The molecule has 1 heterocycles. The number of primary amides is 1. The average molecular weight is 431 g/mol. The van der Waals surface area contributed by atoms with E-state index in [0.717, 1.165) is 18.2 Å². The van der Waals surface area contributed by atoms with Crippen LogP contribution in [0.1, 0.15) is 17.5 Å². The molecule has 0 bridgehead atoms. The van der Waals surface area contributed by atoms with E-state index >= 15 is 0 Å². The van der Waals surface area contributed by atoms with Crippen LogP contribution in [0.25, 0.3) is 10.9 Å². The molecule has 0 saturated heterocycles. The SMILES string of the molecule is N/N=C(\C[C@](C(N)=O)(c1cccc2ncccc12)C(F)(F)F)c1ccc([N+](=O)[O-])cc1. The van der Waals surface area contributed by atoms with Crippen LogP contribution in [0.2, 0.25) is 0 Å². The standard InChI is InChI=1S/C20H16F3N5O3/c21-20(22,23)19(18(24)29,15-4-1-5-16-14(15)3-2-10-26-16)11-17(27-25)12-6-8-13(9-7-12)28(30)31/h1-10H,11,25H2,(H2,24,29)/b27-17+/t19-/m1/s1. The third kappa shape index (κ3) is 3.77. The van der Waals surface area contributed by atoms with E-state index in [1.807, 2.05) is 0 Å². The molecule has 31 heavy (non-hydrogen) atoms. The summed E-state index contributed by atoms with van der Waals surface area (Å²) in [6.45, 7) is 0. The van der Waals surface area contributed by atoms with Gasteiger partial charge in [-0.1, -0.05) is 18.2 Å². The van der Waals surface area contributed by atoms with Crippen LogP contribution in [0.15, 0.2) is 65.9 Å². The lowest BCUT2D eigenvalue weighted by molar-refractivity contribution is -0.384. The van der Waals surface area contributed by atoms with Crippen molar-refractivity contribution in [2.45, 2.75) is 18.0 Å². The first-order chi connectivity index (χ1) is 14.6. The minimum Gasteiger partial charge on any atom is -0.369 e. The Balaban J connectivity index is 2.22. The number of carbonyl (C=O) groups is 1. The number of nitro groups is 1. The summed E-state index contributed by atoms with van der Waals surface area (Å²) in [5.74, 6) is 3.73. The molecule has 0 radical (unpaired) electrons. The first-order valence-corrected chi connectivity index (χ1v) is 8.84. The topological polar surface area (TPSA) is 138 Å². The fourth-order valence-electron chi connectivity index (χ4n) is 3.43. The molecule has 3 aromatic rings. The van der Waals surface area contributed by atoms with Crippen molar-refractivity contribution in [3.05, 3.63) is 82.0 Å². The molecule has 160 valence electrons. The van der Waals surface area contributed by atoms with E-state index in [0.29, 0.717) is 0 Å². The molecule has 1 atom stereocenters. The van der Waals surface area contributed by atoms with Crippen molar-refractivity contribution in [3.8, 4) is 0 Å². The largest absolute Gasteiger partial charge is 0.407 e. The maximum absolute atomic E-state index is 14.5. The third-order valence-electron chi connectivity index (χ3n) is 5.01. The van der Waals surface area contributed by atoms with E-state index in [1.54, 1.807) is 0 Å². The first-order valence-electron chi connectivity index (χ1n) is 8.84. The number of fused-ring (bicyclic) bond motifs is 1. The van der Waals surface area contributed by atoms with Gasteiger partial charge in [0.1, 0.15) is 0 Å². The molecule has 1 aromatic heterocycles. The molecule has 0 fully saturated rings. The zero-order valence-electron chi connectivity index (χ0n) is 15.8. The number of rotatable bonds is 6. The van der Waals surface area contributed by atoms with Crippen molar-refractivity contribution in [2.75, 3.05) is 0 Å². The number of pyridine rings is 1. The molecule has 11 heteroatoms. The minimum absolute atomic E-state index is 0.0846. The number of benzene rings is 2. The van der Waals surface area contributed by atoms with Gasteiger partial charge in [-0.25, -0.2) is 0 Å². The number of nitrogens with zero attached hydrogens (tertiary/aromatic N) is 3. The van der Waals surface area contributed by atoms with Gasteiger partial charge in [-0.2, -0.15) is 18.3 Å². The van der Waals surface area contributed by atoms with Gasteiger partial charge >= 0.3 is 6.18 Å². The van der Waals surface area contributed by atoms with E-state index < -0.39 is 28.8 Å². The Labute approximate surface area is 173 Å². The number of hydrazone groups is 1. The van der Waals surface area contributed by atoms with Gasteiger partial charge in [-0.15, -0.1) is 0 Å².